The molecular weight excluding hydrogens is 278 g/mol. The number of fused-ring (bicyclic) bond motifs is 1. The molecule has 1 aliphatic carbocycles. The number of nitrogens with one attached hydrogen (secondary N) is 1. The summed E-state index contributed by atoms with van der Waals surface area (Å²) in [4.78, 5) is 0. The van der Waals surface area contributed by atoms with Crippen LogP contribution in [0, 0.1) is 6.92 Å². The Labute approximate surface area is 128 Å². The van der Waals surface area contributed by atoms with Crippen molar-refractivity contribution in [2.75, 3.05) is 5.32 Å². The van der Waals surface area contributed by atoms with Gasteiger partial charge in [0.15, 0.2) is 11.5 Å². The van der Waals surface area contributed by atoms with Gasteiger partial charge in [0.1, 0.15) is 5.82 Å². The lowest BCUT2D eigenvalue weighted by Crippen LogP contribution is -2.08. The maximum absolute atomic E-state index is 4.67. The van der Waals surface area contributed by atoms with E-state index in [4.69, 9.17) is 0 Å². The van der Waals surface area contributed by atoms with Gasteiger partial charge in [0, 0.05) is 6.20 Å². The van der Waals surface area contributed by atoms with E-state index in [9.17, 15) is 0 Å². The van der Waals surface area contributed by atoms with Crippen molar-refractivity contribution < 1.29 is 0 Å². The monoisotopic (exact) mass is 297 g/mol. The lowest BCUT2D eigenvalue weighted by Gasteiger charge is -2.09. The van der Waals surface area contributed by atoms with E-state index in [1.54, 1.807) is 4.52 Å². The highest BCUT2D eigenvalue weighted by atomic mass is 15.4. The Bertz CT molecular complexity index is 782. The molecular formula is C15H19N7. The van der Waals surface area contributed by atoms with E-state index in [1.807, 2.05) is 19.1 Å². The Morgan fingerprint density at radius 3 is 2.86 bits per heavy atom. The second-order valence-electron chi connectivity index (χ2n) is 5.81. The minimum Gasteiger partial charge on any atom is -0.363 e. The van der Waals surface area contributed by atoms with Crippen molar-refractivity contribution in [1.82, 2.24) is 29.6 Å². The highest BCUT2D eigenvalue weighted by molar-refractivity contribution is 5.43. The maximum Gasteiger partial charge on any atom is 0.178 e. The van der Waals surface area contributed by atoms with Crippen molar-refractivity contribution in [3.8, 4) is 0 Å². The van der Waals surface area contributed by atoms with Crippen LogP contribution in [0.2, 0.25) is 0 Å². The van der Waals surface area contributed by atoms with Gasteiger partial charge in [-0.3, -0.25) is 4.68 Å². The fraction of sp³-hybridized carbons (Fsp3) is 0.467. The first-order valence-corrected chi connectivity index (χ1v) is 7.76. The highest BCUT2D eigenvalue weighted by Crippen LogP contribution is 2.28. The molecule has 0 aliphatic heterocycles. The van der Waals surface area contributed by atoms with Crippen LogP contribution in [-0.2, 0) is 6.54 Å². The van der Waals surface area contributed by atoms with Gasteiger partial charge in [-0.15, -0.1) is 15.3 Å². The summed E-state index contributed by atoms with van der Waals surface area (Å²) in [7, 11) is 0. The molecule has 0 radical (unpaired) electrons. The van der Waals surface area contributed by atoms with Crippen molar-refractivity contribution in [2.24, 2.45) is 0 Å². The summed E-state index contributed by atoms with van der Waals surface area (Å²) in [5, 5.41) is 20.5. The molecule has 1 saturated carbocycles. The molecule has 114 valence electrons. The van der Waals surface area contributed by atoms with Crippen molar-refractivity contribution in [1.29, 1.82) is 0 Å². The molecule has 3 aromatic rings. The molecule has 3 aromatic heterocycles. The molecule has 7 nitrogen and oxygen atoms in total. The molecule has 0 saturated heterocycles. The minimum atomic E-state index is 0.586. The quantitative estimate of drug-likeness (QED) is 0.800. The van der Waals surface area contributed by atoms with Crippen molar-refractivity contribution >= 4 is 11.5 Å². The molecule has 0 bridgehead atoms. The standard InChI is InChI=1S/C15H19N7/c1-11-17-18-15-7-6-14(20-22(11)15)16-10-12-8-9-21(19-12)13-4-2-3-5-13/h6-9,13H,2-5,10H2,1H3,(H,16,20). The number of aryl methyl sites for hydroxylation is 1. The summed E-state index contributed by atoms with van der Waals surface area (Å²) in [5.74, 6) is 1.58. The first kappa shape index (κ1) is 13.2. The molecule has 0 unspecified atom stereocenters. The molecule has 1 N–H and O–H groups in total. The van der Waals surface area contributed by atoms with Crippen LogP contribution < -0.4 is 5.32 Å². The largest absolute Gasteiger partial charge is 0.363 e. The summed E-state index contributed by atoms with van der Waals surface area (Å²) in [6.07, 6.45) is 7.23. The van der Waals surface area contributed by atoms with Crippen molar-refractivity contribution in [2.45, 2.75) is 45.2 Å². The Morgan fingerprint density at radius 2 is 2.00 bits per heavy atom. The number of nitrogens with zero attached hydrogens (tertiary/aromatic N) is 6. The van der Waals surface area contributed by atoms with E-state index in [0.717, 1.165) is 23.0 Å². The number of hydrogen-bond acceptors (Lipinski definition) is 5. The predicted molar refractivity (Wildman–Crippen MR) is 82.6 cm³/mol. The third-order valence-corrected chi connectivity index (χ3v) is 4.23. The van der Waals surface area contributed by atoms with E-state index in [0.29, 0.717) is 12.6 Å². The normalized spacial score (nSPS) is 15.7. The summed E-state index contributed by atoms with van der Waals surface area (Å²) in [6, 6.07) is 6.49. The lowest BCUT2D eigenvalue weighted by molar-refractivity contribution is 0.463. The molecule has 1 fully saturated rings. The van der Waals surface area contributed by atoms with Crippen LogP contribution in [0.1, 0.15) is 43.2 Å². The van der Waals surface area contributed by atoms with Crippen LogP contribution in [0.25, 0.3) is 5.65 Å². The Hall–Kier alpha value is -2.44. The predicted octanol–water partition coefficient (Wildman–Crippen LogP) is 2.36. The van der Waals surface area contributed by atoms with Gasteiger partial charge in [0.2, 0.25) is 0 Å². The zero-order valence-corrected chi connectivity index (χ0v) is 12.6. The van der Waals surface area contributed by atoms with Gasteiger partial charge in [-0.2, -0.15) is 9.61 Å². The lowest BCUT2D eigenvalue weighted by atomic mass is 10.3. The van der Waals surface area contributed by atoms with Gasteiger partial charge in [0.05, 0.1) is 18.3 Å². The van der Waals surface area contributed by atoms with Gasteiger partial charge in [-0.25, -0.2) is 0 Å². The first-order valence-electron chi connectivity index (χ1n) is 7.76. The summed E-state index contributed by atoms with van der Waals surface area (Å²) in [6.45, 7) is 2.56. The first-order chi connectivity index (χ1) is 10.8. The van der Waals surface area contributed by atoms with Crippen LogP contribution in [0.5, 0.6) is 0 Å². The molecule has 0 amide bonds. The number of aromatic nitrogens is 6. The zero-order valence-electron chi connectivity index (χ0n) is 12.6. The topological polar surface area (TPSA) is 72.9 Å². The average Bonchev–Trinajstić information content (AvgIpc) is 3.26. The second-order valence-corrected chi connectivity index (χ2v) is 5.81. The third kappa shape index (κ3) is 2.43. The highest BCUT2D eigenvalue weighted by Gasteiger charge is 2.17. The average molecular weight is 297 g/mol. The summed E-state index contributed by atoms with van der Waals surface area (Å²) >= 11 is 0. The van der Waals surface area contributed by atoms with Crippen LogP contribution in [0.3, 0.4) is 0 Å². The Balaban J connectivity index is 1.45. The van der Waals surface area contributed by atoms with E-state index in [-0.39, 0.29) is 0 Å². The van der Waals surface area contributed by atoms with Gasteiger partial charge in [-0.1, -0.05) is 12.8 Å². The second kappa shape index (κ2) is 5.40. The smallest absolute Gasteiger partial charge is 0.178 e. The third-order valence-electron chi connectivity index (χ3n) is 4.23. The molecule has 0 aromatic carbocycles. The molecule has 7 heteroatoms. The van der Waals surface area contributed by atoms with E-state index >= 15 is 0 Å². The number of anilines is 1. The van der Waals surface area contributed by atoms with Gasteiger partial charge in [0.25, 0.3) is 0 Å². The maximum atomic E-state index is 4.67. The number of hydrogen-bond donors (Lipinski definition) is 1. The van der Waals surface area contributed by atoms with Crippen molar-refractivity contribution in [3.63, 3.8) is 0 Å². The fourth-order valence-electron chi connectivity index (χ4n) is 3.02. The number of rotatable bonds is 4. The molecule has 1 aliphatic rings. The van der Waals surface area contributed by atoms with Crippen LogP contribution in [0.4, 0.5) is 5.82 Å². The van der Waals surface area contributed by atoms with Crippen LogP contribution in [0.15, 0.2) is 24.4 Å². The molecule has 0 spiro atoms. The van der Waals surface area contributed by atoms with E-state index < -0.39 is 0 Å². The molecule has 0 atom stereocenters. The van der Waals surface area contributed by atoms with Gasteiger partial charge >= 0.3 is 0 Å². The Morgan fingerprint density at radius 1 is 1.14 bits per heavy atom. The summed E-state index contributed by atoms with van der Waals surface area (Å²) < 4.78 is 3.85. The molecule has 3 heterocycles. The van der Waals surface area contributed by atoms with Gasteiger partial charge in [-0.05, 0) is 38.0 Å². The molecule has 4 rings (SSSR count). The van der Waals surface area contributed by atoms with E-state index in [2.05, 4.69) is 42.7 Å². The SMILES string of the molecule is Cc1nnc2ccc(NCc3ccn(C4CCCC4)n3)nn12. The van der Waals surface area contributed by atoms with Crippen molar-refractivity contribution in [3.05, 3.63) is 35.9 Å². The van der Waals surface area contributed by atoms with Crippen LogP contribution >= 0.6 is 0 Å². The molecule has 22 heavy (non-hydrogen) atoms. The van der Waals surface area contributed by atoms with Gasteiger partial charge < -0.3 is 5.32 Å². The van der Waals surface area contributed by atoms with Crippen LogP contribution in [-0.4, -0.2) is 29.6 Å². The summed E-state index contributed by atoms with van der Waals surface area (Å²) in [5.41, 5.74) is 1.79. The Kier molecular flexibility index (Phi) is 3.25. The zero-order chi connectivity index (χ0) is 14.9. The fourth-order valence-corrected chi connectivity index (χ4v) is 3.02. The minimum absolute atomic E-state index is 0.586. The van der Waals surface area contributed by atoms with E-state index in [1.165, 1.54) is 25.7 Å².